The largest absolute Gasteiger partial charge is 0.393 e. The molecule has 0 aliphatic carbocycles. The van der Waals surface area contributed by atoms with E-state index in [0.29, 0.717) is 21.3 Å². The predicted molar refractivity (Wildman–Crippen MR) is 134 cm³/mol. The highest BCUT2D eigenvalue weighted by atomic mass is 35.5. The molecular weight excluding hydrogens is 493 g/mol. The van der Waals surface area contributed by atoms with Gasteiger partial charge in [0.15, 0.2) is 11.6 Å². The van der Waals surface area contributed by atoms with Crippen LogP contribution in [0.5, 0.6) is 0 Å². The van der Waals surface area contributed by atoms with Crippen molar-refractivity contribution in [3.63, 3.8) is 0 Å². The first-order chi connectivity index (χ1) is 16.8. The Morgan fingerprint density at radius 2 is 1.60 bits per heavy atom. The van der Waals surface area contributed by atoms with E-state index >= 15 is 0 Å². The van der Waals surface area contributed by atoms with Gasteiger partial charge in [-0.15, -0.1) is 0 Å². The molecule has 4 N–H and O–H groups in total. The Morgan fingerprint density at radius 3 is 2.26 bits per heavy atom. The topological polar surface area (TPSA) is 99.6 Å². The molecule has 6 nitrogen and oxygen atoms in total. The van der Waals surface area contributed by atoms with E-state index in [9.17, 15) is 14.0 Å². The lowest BCUT2D eigenvalue weighted by atomic mass is 9.91. The molecule has 4 rings (SSSR count). The fourth-order valence-corrected chi connectivity index (χ4v) is 3.88. The average Bonchev–Trinajstić information content (AvgIpc) is 2.83. The molecule has 0 amide bonds. The summed E-state index contributed by atoms with van der Waals surface area (Å²) in [6, 6.07) is 15.8. The van der Waals surface area contributed by atoms with Crippen LogP contribution >= 0.6 is 23.2 Å². The number of halogens is 4. The van der Waals surface area contributed by atoms with Crippen molar-refractivity contribution in [2.45, 2.75) is 12.8 Å². The molecule has 4 aromatic rings. The maximum absolute atomic E-state index is 14.0. The van der Waals surface area contributed by atoms with Crippen LogP contribution in [0, 0.1) is 29.9 Å². The Hall–Kier alpha value is -3.93. The van der Waals surface area contributed by atoms with Gasteiger partial charge in [0.25, 0.3) is 0 Å². The molecule has 0 radical (unpaired) electrons. The number of nitrogen functional groups attached to an aromatic ring is 1. The summed E-state index contributed by atoms with van der Waals surface area (Å²) in [5.74, 6) is -1.53. The van der Waals surface area contributed by atoms with Gasteiger partial charge in [-0.3, -0.25) is 0 Å². The second-order valence-electron chi connectivity index (χ2n) is 7.66. The normalized spacial score (nSPS) is 11.5. The fourth-order valence-electron chi connectivity index (χ4n) is 3.48. The van der Waals surface area contributed by atoms with Gasteiger partial charge in [0.05, 0.1) is 17.7 Å². The van der Waals surface area contributed by atoms with Gasteiger partial charge in [-0.05, 0) is 53.9 Å². The number of nitriles is 1. The van der Waals surface area contributed by atoms with Crippen molar-refractivity contribution in [1.82, 2.24) is 9.97 Å². The van der Waals surface area contributed by atoms with Crippen LogP contribution in [0.2, 0.25) is 10.0 Å². The maximum Gasteiger partial charge on any atom is 0.159 e. The van der Waals surface area contributed by atoms with Crippen LogP contribution < -0.4 is 16.4 Å². The van der Waals surface area contributed by atoms with Crippen LogP contribution in [0.4, 0.5) is 37.5 Å². The van der Waals surface area contributed by atoms with Gasteiger partial charge in [-0.25, -0.2) is 18.7 Å². The van der Waals surface area contributed by atoms with E-state index in [1.165, 1.54) is 6.33 Å². The lowest BCUT2D eigenvalue weighted by Crippen LogP contribution is -2.07. The predicted octanol–water partition coefficient (Wildman–Crippen LogP) is 7.09. The minimum Gasteiger partial charge on any atom is -0.393 e. The van der Waals surface area contributed by atoms with E-state index in [0.717, 1.165) is 29.3 Å². The molecule has 0 bridgehead atoms. The van der Waals surface area contributed by atoms with Crippen molar-refractivity contribution >= 4 is 51.9 Å². The zero-order valence-electron chi connectivity index (χ0n) is 18.3. The summed E-state index contributed by atoms with van der Waals surface area (Å²) in [5.41, 5.74) is 8.94. The third-order valence-electron chi connectivity index (χ3n) is 5.31. The van der Waals surface area contributed by atoms with Crippen molar-refractivity contribution in [3.8, 4) is 6.07 Å². The first-order valence-electron chi connectivity index (χ1n) is 10.3. The van der Waals surface area contributed by atoms with Gasteiger partial charge in [-0.2, -0.15) is 5.26 Å². The van der Waals surface area contributed by atoms with Crippen molar-refractivity contribution in [1.29, 1.82) is 5.26 Å². The minimum absolute atomic E-state index is 0.0897. The molecule has 35 heavy (non-hydrogen) atoms. The fraction of sp³-hybridized carbons (Fsp3) is 0.0800. The second-order valence-corrected chi connectivity index (χ2v) is 8.50. The average molecular weight is 511 g/mol. The quantitative estimate of drug-likeness (QED) is 0.256. The zero-order chi connectivity index (χ0) is 25.1. The first kappa shape index (κ1) is 24.2. The summed E-state index contributed by atoms with van der Waals surface area (Å²) >= 11 is 12.5. The Balaban J connectivity index is 1.63. The molecule has 1 heterocycles. The summed E-state index contributed by atoms with van der Waals surface area (Å²) in [6.07, 6.45) is 1.23. The van der Waals surface area contributed by atoms with E-state index in [-0.39, 0.29) is 23.0 Å². The second kappa shape index (κ2) is 10.1. The number of nitrogens with one attached hydrogen (secondary N) is 2. The molecule has 0 spiro atoms. The van der Waals surface area contributed by atoms with E-state index in [1.807, 2.05) is 13.0 Å². The molecule has 1 atom stereocenters. The summed E-state index contributed by atoms with van der Waals surface area (Å²) in [6.45, 7) is 1.84. The van der Waals surface area contributed by atoms with Crippen molar-refractivity contribution in [3.05, 3.63) is 99.3 Å². The highest BCUT2D eigenvalue weighted by Gasteiger charge is 2.19. The third-order valence-corrected chi connectivity index (χ3v) is 5.88. The van der Waals surface area contributed by atoms with Crippen LogP contribution in [-0.4, -0.2) is 9.97 Å². The van der Waals surface area contributed by atoms with Gasteiger partial charge >= 0.3 is 0 Å². The van der Waals surface area contributed by atoms with E-state index in [2.05, 4.69) is 26.7 Å². The van der Waals surface area contributed by atoms with Gasteiger partial charge in [-0.1, -0.05) is 41.4 Å². The van der Waals surface area contributed by atoms with Crippen molar-refractivity contribution in [2.75, 3.05) is 16.4 Å². The Labute approximate surface area is 210 Å². The monoisotopic (exact) mass is 510 g/mol. The molecule has 0 aliphatic heterocycles. The van der Waals surface area contributed by atoms with Gasteiger partial charge in [0, 0.05) is 21.8 Å². The van der Waals surface area contributed by atoms with Gasteiger partial charge in [0.1, 0.15) is 23.6 Å². The summed E-state index contributed by atoms with van der Waals surface area (Å²) < 4.78 is 27.6. The number of benzene rings is 3. The van der Waals surface area contributed by atoms with Gasteiger partial charge in [0.2, 0.25) is 0 Å². The van der Waals surface area contributed by atoms with Crippen LogP contribution in [-0.2, 0) is 0 Å². The van der Waals surface area contributed by atoms with Crippen molar-refractivity contribution in [2.24, 2.45) is 0 Å². The van der Waals surface area contributed by atoms with E-state index in [4.69, 9.17) is 28.9 Å². The zero-order valence-corrected chi connectivity index (χ0v) is 19.8. The number of nitrogens with zero attached hydrogens (tertiary/aromatic N) is 3. The summed E-state index contributed by atoms with van der Waals surface area (Å²) in [4.78, 5) is 8.18. The van der Waals surface area contributed by atoms with Crippen LogP contribution in [0.25, 0.3) is 0 Å². The molecule has 0 saturated heterocycles. The van der Waals surface area contributed by atoms with Gasteiger partial charge < -0.3 is 16.4 Å². The molecule has 1 unspecified atom stereocenters. The van der Waals surface area contributed by atoms with Crippen LogP contribution in [0.3, 0.4) is 0 Å². The van der Waals surface area contributed by atoms with Crippen LogP contribution in [0.15, 0.2) is 60.9 Å². The molecule has 0 saturated carbocycles. The first-order valence-corrected chi connectivity index (χ1v) is 11.1. The van der Waals surface area contributed by atoms with Crippen molar-refractivity contribution < 1.29 is 8.78 Å². The van der Waals surface area contributed by atoms with E-state index < -0.39 is 17.6 Å². The molecule has 176 valence electrons. The molecule has 10 heteroatoms. The number of aryl methyl sites for hydroxylation is 1. The molecular formula is C25H18Cl2F2N6. The number of anilines is 5. The standard InChI is InChI=1S/C25H18Cl2F2N6/c1-13-8-17(18(11-30)14-2-4-15(26)5-3-14)19(27)10-21(13)34-24-23(31)25(33-12-32-24)35-22-9-16(28)6-7-20(22)29/h2-10,12,18H,31H2,1H3,(H2,32,33,34,35). The summed E-state index contributed by atoms with van der Waals surface area (Å²) in [5, 5.41) is 16.5. The smallest absolute Gasteiger partial charge is 0.159 e. The minimum atomic E-state index is -0.662. The SMILES string of the molecule is Cc1cc(C(C#N)c2ccc(Cl)cc2)c(Cl)cc1Nc1ncnc(Nc2cc(F)ccc2F)c1N. The number of hydrogen-bond acceptors (Lipinski definition) is 6. The van der Waals surface area contributed by atoms with E-state index in [1.54, 1.807) is 30.3 Å². The number of hydrogen-bond donors (Lipinski definition) is 3. The number of aromatic nitrogens is 2. The highest BCUT2D eigenvalue weighted by Crippen LogP contribution is 2.36. The number of rotatable bonds is 6. The Kier molecular flexibility index (Phi) is 7.01. The number of nitrogens with two attached hydrogens (primary N) is 1. The highest BCUT2D eigenvalue weighted by molar-refractivity contribution is 6.32. The Morgan fingerprint density at radius 1 is 0.943 bits per heavy atom. The Bertz CT molecular complexity index is 1440. The molecule has 0 fully saturated rings. The molecule has 1 aromatic heterocycles. The van der Waals surface area contributed by atoms with Crippen LogP contribution in [0.1, 0.15) is 22.6 Å². The lowest BCUT2D eigenvalue weighted by molar-refractivity contribution is 0.603. The third kappa shape index (κ3) is 5.27. The molecule has 3 aromatic carbocycles. The maximum atomic E-state index is 14.0. The summed E-state index contributed by atoms with van der Waals surface area (Å²) in [7, 11) is 0. The lowest BCUT2D eigenvalue weighted by Gasteiger charge is -2.17. The molecule has 0 aliphatic rings.